The molecular weight excluding hydrogens is 316 g/mol. The standard InChI is InChI=1S/C20H26N2O3/c1-18(15(23)21(4)14-9-7-6-8-10-14)11-19(2)13-20(3,12-18)17(25)22(5)16(19)24/h6-10H,11-13H2,1-5H3. The molecule has 0 aromatic heterocycles. The second kappa shape index (κ2) is 5.41. The van der Waals surface area contributed by atoms with Gasteiger partial charge in [0.25, 0.3) is 0 Å². The van der Waals surface area contributed by atoms with Crippen LogP contribution in [0.3, 0.4) is 0 Å². The van der Waals surface area contributed by atoms with Gasteiger partial charge < -0.3 is 4.90 Å². The highest BCUT2D eigenvalue weighted by Crippen LogP contribution is 2.58. The van der Waals surface area contributed by atoms with E-state index in [-0.39, 0.29) is 17.7 Å². The number of para-hydroxylation sites is 1. The number of imide groups is 1. The maximum Gasteiger partial charge on any atom is 0.234 e. The molecular formula is C20H26N2O3. The lowest BCUT2D eigenvalue weighted by Gasteiger charge is -2.55. The molecule has 2 bridgehead atoms. The van der Waals surface area contributed by atoms with E-state index in [4.69, 9.17) is 0 Å². The number of rotatable bonds is 2. The van der Waals surface area contributed by atoms with Crippen LogP contribution in [-0.4, -0.2) is 36.7 Å². The van der Waals surface area contributed by atoms with Gasteiger partial charge in [-0.15, -0.1) is 0 Å². The number of amides is 3. The summed E-state index contributed by atoms with van der Waals surface area (Å²) in [6.07, 6.45) is 1.43. The SMILES string of the molecule is CN1C(=O)C2(C)CC(C)(CC(C)(C(=O)N(C)c3ccccc3)C2)C1=O. The summed E-state index contributed by atoms with van der Waals surface area (Å²) in [7, 11) is 3.31. The van der Waals surface area contributed by atoms with Crippen molar-refractivity contribution < 1.29 is 14.4 Å². The third-order valence-electron chi connectivity index (χ3n) is 5.95. The van der Waals surface area contributed by atoms with Crippen molar-refractivity contribution in [2.75, 3.05) is 19.0 Å². The first kappa shape index (κ1) is 17.6. The van der Waals surface area contributed by atoms with E-state index in [1.54, 1.807) is 19.0 Å². The molecule has 5 nitrogen and oxygen atoms in total. The van der Waals surface area contributed by atoms with Gasteiger partial charge in [-0.25, -0.2) is 0 Å². The van der Waals surface area contributed by atoms with E-state index in [1.807, 2.05) is 51.1 Å². The Bertz CT molecular complexity index is 715. The quantitative estimate of drug-likeness (QED) is 0.777. The predicted molar refractivity (Wildman–Crippen MR) is 95.8 cm³/mol. The predicted octanol–water partition coefficient (Wildman–Crippen LogP) is 2.85. The summed E-state index contributed by atoms with van der Waals surface area (Å²) >= 11 is 0. The third kappa shape index (κ3) is 2.57. The van der Waals surface area contributed by atoms with Crippen molar-refractivity contribution in [3.8, 4) is 0 Å². The molecule has 1 aliphatic carbocycles. The largest absolute Gasteiger partial charge is 0.315 e. The van der Waals surface area contributed by atoms with Crippen LogP contribution in [0.1, 0.15) is 40.0 Å². The first-order valence-corrected chi connectivity index (χ1v) is 8.68. The molecule has 2 atom stereocenters. The summed E-state index contributed by atoms with van der Waals surface area (Å²) in [5.41, 5.74) is -1.30. The summed E-state index contributed by atoms with van der Waals surface area (Å²) in [6.45, 7) is 5.68. The first-order valence-electron chi connectivity index (χ1n) is 8.68. The Labute approximate surface area is 149 Å². The molecule has 1 aromatic rings. The number of anilines is 1. The fraction of sp³-hybridized carbons (Fsp3) is 0.550. The Balaban J connectivity index is 1.98. The molecule has 1 saturated carbocycles. The van der Waals surface area contributed by atoms with Crippen LogP contribution in [0.25, 0.3) is 0 Å². The van der Waals surface area contributed by atoms with E-state index in [0.29, 0.717) is 19.3 Å². The van der Waals surface area contributed by atoms with Crippen LogP contribution >= 0.6 is 0 Å². The zero-order valence-corrected chi connectivity index (χ0v) is 15.6. The zero-order valence-electron chi connectivity index (χ0n) is 15.6. The highest BCUT2D eigenvalue weighted by atomic mass is 16.2. The van der Waals surface area contributed by atoms with Crippen molar-refractivity contribution in [3.05, 3.63) is 30.3 Å². The Hall–Kier alpha value is -2.17. The van der Waals surface area contributed by atoms with E-state index in [9.17, 15) is 14.4 Å². The minimum atomic E-state index is -0.751. The van der Waals surface area contributed by atoms with Crippen molar-refractivity contribution in [1.82, 2.24) is 4.90 Å². The summed E-state index contributed by atoms with van der Waals surface area (Å²) in [5, 5.41) is 0. The van der Waals surface area contributed by atoms with Crippen LogP contribution < -0.4 is 4.90 Å². The molecule has 1 aromatic carbocycles. The average molecular weight is 342 g/mol. The van der Waals surface area contributed by atoms with Crippen LogP contribution in [0.5, 0.6) is 0 Å². The van der Waals surface area contributed by atoms with E-state index in [0.717, 1.165) is 5.69 Å². The molecule has 3 rings (SSSR count). The molecule has 2 unspecified atom stereocenters. The molecule has 25 heavy (non-hydrogen) atoms. The smallest absolute Gasteiger partial charge is 0.234 e. The number of hydrogen-bond donors (Lipinski definition) is 0. The fourth-order valence-electron chi connectivity index (χ4n) is 5.30. The van der Waals surface area contributed by atoms with E-state index in [2.05, 4.69) is 0 Å². The van der Waals surface area contributed by atoms with Gasteiger partial charge in [0.15, 0.2) is 0 Å². The second-order valence-corrected chi connectivity index (χ2v) is 8.58. The first-order chi connectivity index (χ1) is 11.5. The maximum absolute atomic E-state index is 13.3. The number of fused-ring (bicyclic) bond motifs is 2. The van der Waals surface area contributed by atoms with Crippen molar-refractivity contribution >= 4 is 23.4 Å². The van der Waals surface area contributed by atoms with Gasteiger partial charge in [-0.05, 0) is 31.4 Å². The minimum absolute atomic E-state index is 0.0407. The Morgan fingerprint density at radius 1 is 0.960 bits per heavy atom. The van der Waals surface area contributed by atoms with Crippen molar-refractivity contribution in [2.24, 2.45) is 16.2 Å². The number of hydrogen-bond acceptors (Lipinski definition) is 3. The van der Waals surface area contributed by atoms with Gasteiger partial charge in [0.05, 0.1) is 0 Å². The lowest BCUT2D eigenvalue weighted by molar-refractivity contribution is -0.177. The third-order valence-corrected chi connectivity index (χ3v) is 5.95. The number of carbonyl (C=O) groups is 3. The molecule has 0 radical (unpaired) electrons. The number of nitrogens with zero attached hydrogens (tertiary/aromatic N) is 2. The molecule has 5 heteroatoms. The number of carbonyl (C=O) groups excluding carboxylic acids is 3. The minimum Gasteiger partial charge on any atom is -0.315 e. The van der Waals surface area contributed by atoms with E-state index < -0.39 is 16.2 Å². The summed E-state index contributed by atoms with van der Waals surface area (Å²) in [5.74, 6) is -0.381. The number of benzene rings is 1. The van der Waals surface area contributed by atoms with Crippen LogP contribution in [-0.2, 0) is 14.4 Å². The van der Waals surface area contributed by atoms with E-state index in [1.165, 1.54) is 4.90 Å². The summed E-state index contributed by atoms with van der Waals surface area (Å²) < 4.78 is 0. The zero-order chi connectivity index (χ0) is 18.6. The van der Waals surface area contributed by atoms with Gasteiger partial charge in [0.1, 0.15) is 0 Å². The normalized spacial score (nSPS) is 34.8. The van der Waals surface area contributed by atoms with Crippen molar-refractivity contribution in [1.29, 1.82) is 0 Å². The Morgan fingerprint density at radius 3 is 1.92 bits per heavy atom. The molecule has 134 valence electrons. The van der Waals surface area contributed by atoms with Gasteiger partial charge in [-0.1, -0.05) is 39.0 Å². The lowest BCUT2D eigenvalue weighted by Crippen LogP contribution is -2.64. The molecule has 0 spiro atoms. The summed E-state index contributed by atoms with van der Waals surface area (Å²) in [6, 6.07) is 9.46. The molecule has 3 amide bonds. The van der Waals surface area contributed by atoms with Gasteiger partial charge in [-0.3, -0.25) is 19.3 Å². The maximum atomic E-state index is 13.3. The summed E-state index contributed by atoms with van der Waals surface area (Å²) in [4.78, 5) is 41.7. The molecule has 1 aliphatic heterocycles. The highest BCUT2D eigenvalue weighted by Gasteiger charge is 2.62. The van der Waals surface area contributed by atoms with Crippen molar-refractivity contribution in [2.45, 2.75) is 40.0 Å². The Kier molecular flexibility index (Phi) is 3.82. The van der Waals surface area contributed by atoms with Gasteiger partial charge in [0.2, 0.25) is 17.7 Å². The molecule has 1 saturated heterocycles. The van der Waals surface area contributed by atoms with Gasteiger partial charge in [0, 0.05) is 36.0 Å². The molecule has 0 N–H and O–H groups in total. The van der Waals surface area contributed by atoms with Crippen LogP contribution in [0.2, 0.25) is 0 Å². The second-order valence-electron chi connectivity index (χ2n) is 8.58. The van der Waals surface area contributed by atoms with Crippen LogP contribution in [0.15, 0.2) is 30.3 Å². The monoisotopic (exact) mass is 342 g/mol. The lowest BCUT2D eigenvalue weighted by atomic mass is 9.51. The molecule has 2 aliphatic rings. The molecule has 1 heterocycles. The van der Waals surface area contributed by atoms with Crippen molar-refractivity contribution in [3.63, 3.8) is 0 Å². The van der Waals surface area contributed by atoms with E-state index >= 15 is 0 Å². The van der Waals surface area contributed by atoms with Crippen LogP contribution in [0, 0.1) is 16.2 Å². The average Bonchev–Trinajstić information content (AvgIpc) is 2.57. The van der Waals surface area contributed by atoms with Gasteiger partial charge in [-0.2, -0.15) is 0 Å². The molecule has 2 fully saturated rings. The topological polar surface area (TPSA) is 57.7 Å². The number of likely N-dealkylation sites (tertiary alicyclic amines) is 1. The fourth-order valence-corrected chi connectivity index (χ4v) is 5.30. The van der Waals surface area contributed by atoms with Crippen LogP contribution in [0.4, 0.5) is 5.69 Å². The Morgan fingerprint density at radius 2 is 1.44 bits per heavy atom. The van der Waals surface area contributed by atoms with Gasteiger partial charge >= 0.3 is 0 Å². The number of piperidine rings is 1. The highest BCUT2D eigenvalue weighted by molar-refractivity contribution is 6.05.